The van der Waals surface area contributed by atoms with Crippen LogP contribution in [0.3, 0.4) is 0 Å². The molecule has 0 saturated carbocycles. The van der Waals surface area contributed by atoms with Crippen LogP contribution >= 0.6 is 0 Å². The van der Waals surface area contributed by atoms with Crippen LogP contribution in [-0.4, -0.2) is 24.0 Å². The first-order chi connectivity index (χ1) is 9.85. The normalized spacial score (nSPS) is 16.4. The minimum Gasteiger partial charge on any atom is -0.382 e. The number of fused-ring (bicyclic) bond motifs is 1. The molecule has 2 rings (SSSR count). The number of nitrogens with two attached hydrogens (primary N) is 1. The third kappa shape index (κ3) is 2.84. The zero-order chi connectivity index (χ0) is 15.6. The maximum absolute atomic E-state index is 11.8. The Morgan fingerprint density at radius 3 is 2.90 bits per heavy atom. The molecule has 1 aliphatic heterocycles. The summed E-state index contributed by atoms with van der Waals surface area (Å²) in [5, 5.41) is 22.6. The highest BCUT2D eigenvalue weighted by atomic mass is 16.1. The number of nitriles is 1. The van der Waals surface area contributed by atoms with Gasteiger partial charge in [0, 0.05) is 17.5 Å². The number of anilines is 1. The van der Waals surface area contributed by atoms with Gasteiger partial charge in [0.05, 0.1) is 5.69 Å². The molecule has 5 N–H and O–H groups in total. The number of hydrazone groups is 1. The predicted octanol–water partition coefficient (Wildman–Crippen LogP) is 0.935. The van der Waals surface area contributed by atoms with Crippen molar-refractivity contribution >= 4 is 23.1 Å². The van der Waals surface area contributed by atoms with E-state index in [0.717, 1.165) is 5.56 Å². The smallest absolute Gasteiger partial charge is 0.251 e. The lowest BCUT2D eigenvalue weighted by Crippen LogP contribution is -2.43. The van der Waals surface area contributed by atoms with Crippen LogP contribution in [0.1, 0.15) is 29.8 Å². The third-order valence-electron chi connectivity index (χ3n) is 3.34. The maximum atomic E-state index is 11.8. The second-order valence-corrected chi connectivity index (χ2v) is 5.42. The lowest BCUT2D eigenvalue weighted by atomic mass is 9.79. The van der Waals surface area contributed by atoms with Crippen molar-refractivity contribution in [2.75, 3.05) is 12.0 Å². The van der Waals surface area contributed by atoms with E-state index in [1.54, 1.807) is 18.2 Å². The molecule has 21 heavy (non-hydrogen) atoms. The van der Waals surface area contributed by atoms with Gasteiger partial charge in [-0.25, -0.2) is 0 Å². The number of carbonyl (C=O) groups is 1. The number of amides is 1. The van der Waals surface area contributed by atoms with E-state index in [-0.39, 0.29) is 17.0 Å². The second kappa shape index (κ2) is 5.25. The molecule has 1 aromatic carbocycles. The summed E-state index contributed by atoms with van der Waals surface area (Å²) < 4.78 is 0. The first kappa shape index (κ1) is 14.5. The Bertz CT molecular complexity index is 683. The van der Waals surface area contributed by atoms with Crippen molar-refractivity contribution in [3.05, 3.63) is 29.3 Å². The Morgan fingerprint density at radius 2 is 2.29 bits per heavy atom. The zero-order valence-electron chi connectivity index (χ0n) is 11.8. The molecule has 1 heterocycles. The molecule has 7 heteroatoms. The topological polar surface area (TPSA) is 127 Å². The summed E-state index contributed by atoms with van der Waals surface area (Å²) in [6.45, 7) is 4.63. The first-order valence-corrected chi connectivity index (χ1v) is 6.36. The fourth-order valence-electron chi connectivity index (χ4n) is 2.13. The molecule has 0 spiro atoms. The molecule has 0 radical (unpaired) electrons. The Balaban J connectivity index is 2.35. The van der Waals surface area contributed by atoms with Gasteiger partial charge >= 0.3 is 0 Å². The molecule has 0 atom stereocenters. The molecule has 7 nitrogen and oxygen atoms in total. The molecule has 0 saturated heterocycles. The van der Waals surface area contributed by atoms with Crippen LogP contribution in [0.4, 0.5) is 5.69 Å². The number of rotatable bonds is 3. The van der Waals surface area contributed by atoms with E-state index in [1.807, 2.05) is 19.9 Å². The van der Waals surface area contributed by atoms with Crippen molar-refractivity contribution in [1.82, 2.24) is 5.32 Å². The summed E-state index contributed by atoms with van der Waals surface area (Å²) in [4.78, 5) is 11.8. The summed E-state index contributed by atoms with van der Waals surface area (Å²) in [7, 11) is 0. The van der Waals surface area contributed by atoms with Crippen molar-refractivity contribution in [1.29, 1.82) is 10.7 Å². The molecule has 1 aromatic rings. The van der Waals surface area contributed by atoms with Gasteiger partial charge in [0.2, 0.25) is 5.71 Å². The predicted molar refractivity (Wildman–Crippen MR) is 80.4 cm³/mol. The van der Waals surface area contributed by atoms with Gasteiger partial charge in [-0.3, -0.25) is 15.6 Å². The van der Waals surface area contributed by atoms with Crippen molar-refractivity contribution in [2.45, 2.75) is 19.3 Å². The molecule has 1 amide bonds. The van der Waals surface area contributed by atoms with Crippen LogP contribution in [0.15, 0.2) is 23.3 Å². The van der Waals surface area contributed by atoms with E-state index in [1.165, 1.54) is 0 Å². The lowest BCUT2D eigenvalue weighted by molar-refractivity contribution is 0.0930. The first-order valence-electron chi connectivity index (χ1n) is 6.36. The van der Waals surface area contributed by atoms with Crippen LogP contribution in [0, 0.1) is 16.7 Å². The summed E-state index contributed by atoms with van der Waals surface area (Å²) in [6, 6.07) is 6.96. The van der Waals surface area contributed by atoms with Gasteiger partial charge in [0.15, 0.2) is 5.84 Å². The number of benzene rings is 1. The van der Waals surface area contributed by atoms with Crippen molar-refractivity contribution in [3.63, 3.8) is 0 Å². The van der Waals surface area contributed by atoms with E-state index in [4.69, 9.17) is 16.4 Å². The molecular weight excluding hydrogens is 268 g/mol. The van der Waals surface area contributed by atoms with Crippen LogP contribution in [-0.2, 0) is 5.41 Å². The second-order valence-electron chi connectivity index (χ2n) is 5.42. The SMILES string of the molecule is CC1(C)CNC(=O)c2ccc(N/N=C(\C#N)C(=N)N)cc21. The highest BCUT2D eigenvalue weighted by Gasteiger charge is 2.31. The molecular formula is C14H16N6O. The number of hydrogen-bond acceptors (Lipinski definition) is 5. The van der Waals surface area contributed by atoms with Crippen molar-refractivity contribution < 1.29 is 4.79 Å². The van der Waals surface area contributed by atoms with E-state index in [0.29, 0.717) is 17.8 Å². The minimum atomic E-state index is -0.400. The highest BCUT2D eigenvalue weighted by molar-refractivity contribution is 6.45. The summed E-state index contributed by atoms with van der Waals surface area (Å²) in [5.74, 6) is -0.497. The lowest BCUT2D eigenvalue weighted by Gasteiger charge is -2.32. The number of hydrogen-bond donors (Lipinski definition) is 4. The van der Waals surface area contributed by atoms with Crippen LogP contribution < -0.4 is 16.5 Å². The fraction of sp³-hybridized carbons (Fsp3) is 0.286. The third-order valence-corrected chi connectivity index (χ3v) is 3.34. The van der Waals surface area contributed by atoms with Crippen LogP contribution in [0.25, 0.3) is 0 Å². The summed E-state index contributed by atoms with van der Waals surface area (Å²) in [6.07, 6.45) is 0. The van der Waals surface area contributed by atoms with Gasteiger partial charge < -0.3 is 11.1 Å². The zero-order valence-corrected chi connectivity index (χ0v) is 11.8. The van der Waals surface area contributed by atoms with Gasteiger partial charge in [-0.2, -0.15) is 10.4 Å². The average molecular weight is 284 g/mol. The number of nitrogens with one attached hydrogen (secondary N) is 3. The van der Waals surface area contributed by atoms with E-state index in [9.17, 15) is 4.79 Å². The minimum absolute atomic E-state index is 0.0965. The Hall–Kier alpha value is -2.88. The molecule has 0 fully saturated rings. The van der Waals surface area contributed by atoms with Gasteiger partial charge in [-0.1, -0.05) is 13.8 Å². The van der Waals surface area contributed by atoms with E-state index in [2.05, 4.69) is 15.8 Å². The van der Waals surface area contributed by atoms with Crippen molar-refractivity contribution in [3.8, 4) is 6.07 Å². The quantitative estimate of drug-likeness (QED) is 0.374. The molecule has 108 valence electrons. The summed E-state index contributed by atoms with van der Waals surface area (Å²) >= 11 is 0. The Morgan fingerprint density at radius 1 is 1.57 bits per heavy atom. The highest BCUT2D eigenvalue weighted by Crippen LogP contribution is 2.31. The van der Waals surface area contributed by atoms with Gasteiger partial charge in [0.1, 0.15) is 6.07 Å². The number of amidine groups is 1. The van der Waals surface area contributed by atoms with E-state index >= 15 is 0 Å². The Labute approximate surface area is 122 Å². The maximum Gasteiger partial charge on any atom is 0.251 e. The number of nitrogens with zero attached hydrogens (tertiary/aromatic N) is 2. The number of carbonyl (C=O) groups excluding carboxylic acids is 1. The van der Waals surface area contributed by atoms with Crippen LogP contribution in [0.5, 0.6) is 0 Å². The van der Waals surface area contributed by atoms with Gasteiger partial charge in [0.25, 0.3) is 5.91 Å². The fourth-order valence-corrected chi connectivity index (χ4v) is 2.13. The molecule has 0 aliphatic carbocycles. The largest absolute Gasteiger partial charge is 0.382 e. The molecule has 0 bridgehead atoms. The van der Waals surface area contributed by atoms with Gasteiger partial charge in [-0.15, -0.1) is 0 Å². The molecule has 1 aliphatic rings. The Kier molecular flexibility index (Phi) is 3.63. The standard InChI is InChI=1S/C14H16N6O/c1-14(2)7-18-13(21)9-4-3-8(5-10(9)14)19-20-11(6-15)12(16)17/h3-5,19H,7H2,1-2H3,(H3,16,17)(H,18,21)/b20-11+. The molecule has 0 unspecified atom stereocenters. The average Bonchev–Trinajstić information content (AvgIpc) is 2.44. The monoisotopic (exact) mass is 284 g/mol. The van der Waals surface area contributed by atoms with Crippen LogP contribution in [0.2, 0.25) is 0 Å². The van der Waals surface area contributed by atoms with Crippen molar-refractivity contribution in [2.24, 2.45) is 10.8 Å². The summed E-state index contributed by atoms with van der Waals surface area (Å²) in [5.41, 5.74) is 9.70. The van der Waals surface area contributed by atoms with Gasteiger partial charge in [-0.05, 0) is 23.8 Å². The molecule has 0 aromatic heterocycles. The van der Waals surface area contributed by atoms with E-state index < -0.39 is 5.84 Å².